The van der Waals surface area contributed by atoms with Gasteiger partial charge in [-0.1, -0.05) is 18.2 Å². The number of hydrogen-bond acceptors (Lipinski definition) is 5. The van der Waals surface area contributed by atoms with Crippen molar-refractivity contribution in [2.75, 3.05) is 11.8 Å². The van der Waals surface area contributed by atoms with Gasteiger partial charge in [-0.25, -0.2) is 17.8 Å². The molecular weight excluding hydrogens is 449 g/mol. The SMILES string of the molecule is Cc1ccc(S(=O)(=O)Nc2ccc(F)cc2)cc1C(=O)N(C)Cc1nc2ccccc2s1. The van der Waals surface area contributed by atoms with Gasteiger partial charge in [-0.2, -0.15) is 0 Å². The monoisotopic (exact) mass is 469 g/mol. The number of carbonyl (C=O) groups excluding carboxylic acids is 1. The molecule has 4 rings (SSSR count). The minimum Gasteiger partial charge on any atom is -0.335 e. The van der Waals surface area contributed by atoms with Crippen LogP contribution in [-0.2, 0) is 16.6 Å². The number of amides is 1. The van der Waals surface area contributed by atoms with Crippen molar-refractivity contribution >= 4 is 43.2 Å². The normalized spacial score (nSPS) is 11.5. The van der Waals surface area contributed by atoms with Crippen LogP contribution in [0.4, 0.5) is 10.1 Å². The van der Waals surface area contributed by atoms with E-state index >= 15 is 0 Å². The van der Waals surface area contributed by atoms with Gasteiger partial charge in [-0.3, -0.25) is 9.52 Å². The molecule has 0 aliphatic rings. The lowest BCUT2D eigenvalue weighted by Crippen LogP contribution is -2.27. The number of halogens is 1. The maximum Gasteiger partial charge on any atom is 0.261 e. The molecule has 32 heavy (non-hydrogen) atoms. The van der Waals surface area contributed by atoms with Crippen LogP contribution in [0.2, 0.25) is 0 Å². The van der Waals surface area contributed by atoms with Crippen LogP contribution < -0.4 is 4.72 Å². The number of carbonyl (C=O) groups is 1. The summed E-state index contributed by atoms with van der Waals surface area (Å²) < 4.78 is 42.1. The van der Waals surface area contributed by atoms with E-state index in [0.29, 0.717) is 12.1 Å². The first-order valence-corrected chi connectivity index (χ1v) is 12.0. The molecule has 0 spiro atoms. The van der Waals surface area contributed by atoms with Crippen molar-refractivity contribution in [3.8, 4) is 0 Å². The van der Waals surface area contributed by atoms with Gasteiger partial charge in [-0.15, -0.1) is 11.3 Å². The Morgan fingerprint density at radius 3 is 2.53 bits per heavy atom. The van der Waals surface area contributed by atoms with Gasteiger partial charge >= 0.3 is 0 Å². The minimum absolute atomic E-state index is 0.0517. The average Bonchev–Trinajstić information content (AvgIpc) is 3.17. The van der Waals surface area contributed by atoms with Gasteiger partial charge in [0.25, 0.3) is 15.9 Å². The van der Waals surface area contributed by atoms with Gasteiger partial charge in [0.2, 0.25) is 0 Å². The first-order chi connectivity index (χ1) is 15.2. The molecular formula is C23H20FN3O3S2. The predicted molar refractivity (Wildman–Crippen MR) is 124 cm³/mol. The van der Waals surface area contributed by atoms with Crippen LogP contribution in [0.5, 0.6) is 0 Å². The number of aryl methyl sites for hydroxylation is 1. The number of benzene rings is 3. The van der Waals surface area contributed by atoms with Gasteiger partial charge in [0.15, 0.2) is 0 Å². The van der Waals surface area contributed by atoms with E-state index in [2.05, 4.69) is 9.71 Å². The van der Waals surface area contributed by atoms with Gasteiger partial charge < -0.3 is 4.90 Å². The van der Waals surface area contributed by atoms with E-state index in [4.69, 9.17) is 0 Å². The zero-order chi connectivity index (χ0) is 22.9. The number of rotatable bonds is 6. The Hall–Kier alpha value is -3.30. The van der Waals surface area contributed by atoms with E-state index in [1.54, 1.807) is 20.0 Å². The Bertz CT molecular complexity index is 1370. The van der Waals surface area contributed by atoms with Crippen molar-refractivity contribution in [1.29, 1.82) is 0 Å². The zero-order valence-corrected chi connectivity index (χ0v) is 19.0. The fraction of sp³-hybridized carbons (Fsp3) is 0.130. The van der Waals surface area contributed by atoms with E-state index in [1.807, 2.05) is 24.3 Å². The second-order valence-corrected chi connectivity index (χ2v) is 10.1. The summed E-state index contributed by atoms with van der Waals surface area (Å²) in [5.74, 6) is -0.770. The molecule has 9 heteroatoms. The number of sulfonamides is 1. The fourth-order valence-electron chi connectivity index (χ4n) is 3.20. The second kappa shape index (κ2) is 8.68. The van der Waals surface area contributed by atoms with Crippen molar-refractivity contribution in [2.45, 2.75) is 18.4 Å². The summed E-state index contributed by atoms with van der Waals surface area (Å²) in [6.45, 7) is 2.06. The number of thiazole rings is 1. The molecule has 164 valence electrons. The largest absolute Gasteiger partial charge is 0.335 e. The van der Waals surface area contributed by atoms with E-state index < -0.39 is 15.8 Å². The van der Waals surface area contributed by atoms with Crippen LogP contribution in [-0.4, -0.2) is 31.3 Å². The summed E-state index contributed by atoms with van der Waals surface area (Å²) in [7, 11) is -2.30. The van der Waals surface area contributed by atoms with Crippen LogP contribution in [0.15, 0.2) is 71.6 Å². The lowest BCUT2D eigenvalue weighted by Gasteiger charge is -2.18. The molecule has 0 radical (unpaired) electrons. The second-order valence-electron chi connectivity index (χ2n) is 7.33. The summed E-state index contributed by atoms with van der Waals surface area (Å²) in [4.78, 5) is 19.1. The Balaban J connectivity index is 1.56. The third kappa shape index (κ3) is 4.63. The molecule has 1 N–H and O–H groups in total. The molecule has 1 heterocycles. The Morgan fingerprint density at radius 2 is 1.81 bits per heavy atom. The highest BCUT2D eigenvalue weighted by Gasteiger charge is 2.21. The number of aromatic nitrogens is 1. The molecule has 0 aliphatic heterocycles. The molecule has 1 aromatic heterocycles. The third-order valence-electron chi connectivity index (χ3n) is 4.90. The predicted octanol–water partition coefficient (Wildman–Crippen LogP) is 4.82. The van der Waals surface area contributed by atoms with Crippen LogP contribution in [0.1, 0.15) is 20.9 Å². The molecule has 0 bridgehead atoms. The van der Waals surface area contributed by atoms with Crippen molar-refractivity contribution in [2.24, 2.45) is 0 Å². The van der Waals surface area contributed by atoms with Crippen LogP contribution in [0, 0.1) is 12.7 Å². The van der Waals surface area contributed by atoms with Crippen molar-refractivity contribution in [3.05, 3.63) is 88.7 Å². The molecule has 4 aromatic rings. The van der Waals surface area contributed by atoms with E-state index in [0.717, 1.165) is 15.2 Å². The molecule has 0 saturated heterocycles. The van der Waals surface area contributed by atoms with Crippen LogP contribution >= 0.6 is 11.3 Å². The number of nitrogens with one attached hydrogen (secondary N) is 1. The van der Waals surface area contributed by atoms with E-state index in [1.165, 1.54) is 52.6 Å². The molecule has 0 unspecified atom stereocenters. The van der Waals surface area contributed by atoms with E-state index in [-0.39, 0.29) is 22.1 Å². The molecule has 0 atom stereocenters. The molecule has 0 aliphatic carbocycles. The maximum atomic E-state index is 13.1. The Morgan fingerprint density at radius 1 is 1.09 bits per heavy atom. The summed E-state index contributed by atoms with van der Waals surface area (Å²) in [5.41, 5.74) is 2.06. The van der Waals surface area contributed by atoms with Gasteiger partial charge in [0.1, 0.15) is 10.8 Å². The van der Waals surface area contributed by atoms with Gasteiger partial charge in [0.05, 0.1) is 21.7 Å². The highest BCUT2D eigenvalue weighted by atomic mass is 32.2. The van der Waals surface area contributed by atoms with Crippen molar-refractivity contribution in [3.63, 3.8) is 0 Å². The third-order valence-corrected chi connectivity index (χ3v) is 7.30. The molecule has 1 amide bonds. The van der Waals surface area contributed by atoms with Crippen LogP contribution in [0.25, 0.3) is 10.2 Å². The summed E-state index contributed by atoms with van der Waals surface area (Å²) in [5, 5.41) is 0.793. The fourth-order valence-corrected chi connectivity index (χ4v) is 5.30. The highest BCUT2D eigenvalue weighted by molar-refractivity contribution is 7.92. The topological polar surface area (TPSA) is 79.4 Å². The number of fused-ring (bicyclic) bond motifs is 1. The lowest BCUT2D eigenvalue weighted by atomic mass is 10.1. The maximum absolute atomic E-state index is 13.1. The molecule has 0 fully saturated rings. The number of hydrogen-bond donors (Lipinski definition) is 1. The lowest BCUT2D eigenvalue weighted by molar-refractivity contribution is 0.0784. The van der Waals surface area contributed by atoms with Crippen LogP contribution in [0.3, 0.4) is 0 Å². The van der Waals surface area contributed by atoms with E-state index in [9.17, 15) is 17.6 Å². The molecule has 3 aromatic carbocycles. The Kier molecular flexibility index (Phi) is 5.94. The Labute approximate surface area is 189 Å². The summed E-state index contributed by atoms with van der Waals surface area (Å²) in [6, 6.07) is 17.1. The first kappa shape index (κ1) is 21.9. The molecule has 6 nitrogen and oxygen atoms in total. The van der Waals surface area contributed by atoms with Crippen molar-refractivity contribution < 1.29 is 17.6 Å². The quantitative estimate of drug-likeness (QED) is 0.439. The summed E-state index contributed by atoms with van der Waals surface area (Å²) >= 11 is 1.51. The van der Waals surface area contributed by atoms with Crippen molar-refractivity contribution in [1.82, 2.24) is 9.88 Å². The first-order valence-electron chi connectivity index (χ1n) is 9.72. The standard InChI is InChI=1S/C23H20FN3O3S2/c1-15-7-12-18(32(29,30)26-17-10-8-16(24)9-11-17)13-19(15)23(28)27(2)14-22-25-20-5-3-4-6-21(20)31-22/h3-13,26H,14H2,1-2H3. The minimum atomic E-state index is -3.95. The van der Waals surface area contributed by atoms with Gasteiger partial charge in [-0.05, 0) is 61.0 Å². The van der Waals surface area contributed by atoms with Gasteiger partial charge in [0, 0.05) is 18.3 Å². The smallest absolute Gasteiger partial charge is 0.261 e. The average molecular weight is 470 g/mol. The summed E-state index contributed by atoms with van der Waals surface area (Å²) in [6.07, 6.45) is 0. The number of anilines is 1. The number of para-hydroxylation sites is 1. The zero-order valence-electron chi connectivity index (χ0n) is 17.4. The highest BCUT2D eigenvalue weighted by Crippen LogP contribution is 2.24. The number of nitrogens with zero attached hydrogens (tertiary/aromatic N) is 2. The molecule has 0 saturated carbocycles.